The molecule has 2 unspecified atom stereocenters. The lowest BCUT2D eigenvalue weighted by molar-refractivity contribution is -0.141. The van der Waals surface area contributed by atoms with Gasteiger partial charge >= 0.3 is 5.97 Å². The Bertz CT molecular complexity index is 713. The van der Waals surface area contributed by atoms with E-state index in [2.05, 4.69) is 5.10 Å². The van der Waals surface area contributed by atoms with E-state index in [1.807, 2.05) is 30.3 Å². The second-order valence-corrected chi connectivity index (χ2v) is 5.39. The van der Waals surface area contributed by atoms with Crippen molar-refractivity contribution in [2.24, 2.45) is 0 Å². The third-order valence-corrected chi connectivity index (χ3v) is 3.97. The molecule has 0 saturated carbocycles. The number of nitrogens with zero attached hydrogens (tertiary/aromatic N) is 3. The molecule has 23 heavy (non-hydrogen) atoms. The maximum Gasteiger partial charge on any atom is 0.326 e. The fourth-order valence-corrected chi connectivity index (χ4v) is 2.74. The molecule has 120 valence electrons. The average Bonchev–Trinajstić information content (AvgIpc) is 3.22. The third-order valence-electron chi connectivity index (χ3n) is 3.97. The Kier molecular flexibility index (Phi) is 4.12. The smallest absolute Gasteiger partial charge is 0.326 e. The van der Waals surface area contributed by atoms with Crippen LogP contribution in [0.3, 0.4) is 0 Å². The van der Waals surface area contributed by atoms with Gasteiger partial charge in [-0.15, -0.1) is 0 Å². The van der Waals surface area contributed by atoms with Gasteiger partial charge in [0.2, 0.25) is 0 Å². The summed E-state index contributed by atoms with van der Waals surface area (Å²) in [7, 11) is 1.52. The summed E-state index contributed by atoms with van der Waals surface area (Å²) in [6.45, 7) is 0.254. The van der Waals surface area contributed by atoms with E-state index in [9.17, 15) is 14.7 Å². The summed E-state index contributed by atoms with van der Waals surface area (Å²) in [6, 6.07) is 10.1. The Morgan fingerprint density at radius 1 is 1.26 bits per heavy atom. The van der Waals surface area contributed by atoms with Gasteiger partial charge in [0.15, 0.2) is 5.69 Å². The summed E-state index contributed by atoms with van der Waals surface area (Å²) in [5.41, 5.74) is 1.05. The first-order valence-corrected chi connectivity index (χ1v) is 7.28. The maximum absolute atomic E-state index is 12.6. The summed E-state index contributed by atoms with van der Waals surface area (Å²) in [5.74, 6) is -1.42. The molecule has 1 aliphatic rings. The number of ether oxygens (including phenoxy) is 1. The lowest BCUT2D eigenvalue weighted by Gasteiger charge is -2.19. The van der Waals surface area contributed by atoms with E-state index in [-0.39, 0.29) is 24.8 Å². The number of likely N-dealkylation sites (tertiary alicyclic amines) is 1. The minimum absolute atomic E-state index is 0.219. The largest absolute Gasteiger partial charge is 0.480 e. The highest BCUT2D eigenvalue weighted by Crippen LogP contribution is 2.22. The van der Waals surface area contributed by atoms with Gasteiger partial charge in [-0.1, -0.05) is 18.2 Å². The van der Waals surface area contributed by atoms with E-state index in [4.69, 9.17) is 4.74 Å². The highest BCUT2D eigenvalue weighted by atomic mass is 16.5. The van der Waals surface area contributed by atoms with E-state index in [1.54, 1.807) is 16.9 Å². The van der Waals surface area contributed by atoms with Crippen molar-refractivity contribution in [2.45, 2.75) is 18.6 Å². The van der Waals surface area contributed by atoms with Crippen molar-refractivity contribution in [1.82, 2.24) is 14.7 Å². The van der Waals surface area contributed by atoms with Crippen LogP contribution in [0.1, 0.15) is 16.9 Å². The van der Waals surface area contributed by atoms with E-state index >= 15 is 0 Å². The summed E-state index contributed by atoms with van der Waals surface area (Å²) < 4.78 is 6.79. The number of carboxylic acids is 1. The molecule has 2 atom stereocenters. The van der Waals surface area contributed by atoms with Crippen molar-refractivity contribution in [1.29, 1.82) is 0 Å². The first-order chi connectivity index (χ1) is 11.1. The number of carbonyl (C=O) groups excluding carboxylic acids is 1. The molecule has 1 aliphatic heterocycles. The van der Waals surface area contributed by atoms with Crippen molar-refractivity contribution in [3.63, 3.8) is 0 Å². The number of carbonyl (C=O) groups is 2. The zero-order valence-corrected chi connectivity index (χ0v) is 12.6. The molecule has 2 aromatic rings. The van der Waals surface area contributed by atoms with Crippen LogP contribution < -0.4 is 0 Å². The van der Waals surface area contributed by atoms with Gasteiger partial charge in [-0.3, -0.25) is 4.79 Å². The Balaban J connectivity index is 1.83. The predicted octanol–water partition coefficient (Wildman–Crippen LogP) is 1.19. The molecule has 1 fully saturated rings. The van der Waals surface area contributed by atoms with Gasteiger partial charge in [0.05, 0.1) is 11.8 Å². The number of aromatic nitrogens is 2. The summed E-state index contributed by atoms with van der Waals surface area (Å²) in [4.78, 5) is 25.3. The molecule has 3 rings (SSSR count). The molecule has 1 N–H and O–H groups in total. The number of benzene rings is 1. The van der Waals surface area contributed by atoms with Crippen LogP contribution in [0, 0.1) is 0 Å². The Labute approximate surface area is 133 Å². The van der Waals surface area contributed by atoms with Crippen LogP contribution in [0.15, 0.2) is 42.6 Å². The van der Waals surface area contributed by atoms with Gasteiger partial charge in [-0.2, -0.15) is 5.10 Å². The Hall–Kier alpha value is -2.67. The molecule has 1 saturated heterocycles. The van der Waals surface area contributed by atoms with E-state index in [1.165, 1.54) is 12.0 Å². The summed E-state index contributed by atoms with van der Waals surface area (Å²) >= 11 is 0. The molecule has 1 amide bonds. The van der Waals surface area contributed by atoms with Crippen LogP contribution in [0.25, 0.3) is 5.69 Å². The van der Waals surface area contributed by atoms with Gasteiger partial charge < -0.3 is 14.7 Å². The standard InChI is InChI=1S/C16H17N3O4/c1-23-12-9-14(16(21)22)18(10-12)15(20)13-7-8-19(17-13)11-5-3-2-4-6-11/h2-8,12,14H,9-10H2,1H3,(H,21,22). The first-order valence-electron chi connectivity index (χ1n) is 7.28. The van der Waals surface area contributed by atoms with Crippen LogP contribution in [-0.2, 0) is 9.53 Å². The Morgan fingerprint density at radius 3 is 2.65 bits per heavy atom. The van der Waals surface area contributed by atoms with Crippen molar-refractivity contribution in [3.8, 4) is 5.69 Å². The van der Waals surface area contributed by atoms with Crippen LogP contribution in [0.4, 0.5) is 0 Å². The molecule has 0 bridgehead atoms. The van der Waals surface area contributed by atoms with Gasteiger partial charge in [-0.25, -0.2) is 9.48 Å². The van der Waals surface area contributed by atoms with Gasteiger partial charge in [0, 0.05) is 26.3 Å². The Morgan fingerprint density at radius 2 is 2.00 bits per heavy atom. The molecule has 0 spiro atoms. The molecule has 7 heteroatoms. The molecular formula is C16H17N3O4. The molecule has 1 aromatic carbocycles. The van der Waals surface area contributed by atoms with Crippen molar-refractivity contribution >= 4 is 11.9 Å². The number of rotatable bonds is 4. The number of hydrogen-bond donors (Lipinski definition) is 1. The topological polar surface area (TPSA) is 84.7 Å². The predicted molar refractivity (Wildman–Crippen MR) is 81.4 cm³/mol. The number of carboxylic acid groups (broad SMARTS) is 1. The third kappa shape index (κ3) is 2.95. The number of methoxy groups -OCH3 is 1. The van der Waals surface area contributed by atoms with Crippen molar-refractivity contribution in [3.05, 3.63) is 48.3 Å². The van der Waals surface area contributed by atoms with Crippen molar-refractivity contribution < 1.29 is 19.4 Å². The van der Waals surface area contributed by atoms with Crippen molar-refractivity contribution in [2.75, 3.05) is 13.7 Å². The molecule has 1 aromatic heterocycles. The van der Waals surface area contributed by atoms with Crippen LogP contribution in [0.5, 0.6) is 0 Å². The maximum atomic E-state index is 12.6. The fraction of sp³-hybridized carbons (Fsp3) is 0.312. The van der Waals surface area contributed by atoms with Gasteiger partial charge in [-0.05, 0) is 18.2 Å². The number of amides is 1. The number of aliphatic carboxylic acids is 1. The lowest BCUT2D eigenvalue weighted by Crippen LogP contribution is -2.40. The van der Waals surface area contributed by atoms with E-state index in [0.29, 0.717) is 0 Å². The number of para-hydroxylation sites is 1. The first kappa shape index (κ1) is 15.2. The molecular weight excluding hydrogens is 298 g/mol. The minimum Gasteiger partial charge on any atom is -0.480 e. The summed E-state index contributed by atoms with van der Waals surface area (Å²) in [5, 5.41) is 13.6. The van der Waals surface area contributed by atoms with E-state index in [0.717, 1.165) is 5.69 Å². The molecule has 2 heterocycles. The molecule has 0 radical (unpaired) electrons. The fourth-order valence-electron chi connectivity index (χ4n) is 2.74. The average molecular weight is 315 g/mol. The SMILES string of the molecule is COC1CC(C(=O)O)N(C(=O)c2ccn(-c3ccccc3)n2)C1. The minimum atomic E-state index is -1.03. The summed E-state index contributed by atoms with van der Waals surface area (Å²) in [6.07, 6.45) is 1.70. The number of hydrogen-bond acceptors (Lipinski definition) is 4. The van der Waals surface area contributed by atoms with E-state index < -0.39 is 17.9 Å². The lowest BCUT2D eigenvalue weighted by atomic mass is 10.2. The van der Waals surface area contributed by atoms with Crippen LogP contribution >= 0.6 is 0 Å². The highest BCUT2D eigenvalue weighted by Gasteiger charge is 2.40. The van der Waals surface area contributed by atoms with Gasteiger partial charge in [0.1, 0.15) is 6.04 Å². The van der Waals surface area contributed by atoms with Crippen LogP contribution in [0.2, 0.25) is 0 Å². The monoisotopic (exact) mass is 315 g/mol. The van der Waals surface area contributed by atoms with Gasteiger partial charge in [0.25, 0.3) is 5.91 Å². The second-order valence-electron chi connectivity index (χ2n) is 5.39. The normalized spacial score (nSPS) is 20.7. The second kappa shape index (κ2) is 6.21. The van der Waals surface area contributed by atoms with Crippen LogP contribution in [-0.4, -0.2) is 57.5 Å². The zero-order valence-electron chi connectivity index (χ0n) is 12.6. The molecule has 7 nitrogen and oxygen atoms in total. The zero-order chi connectivity index (χ0) is 16.4. The molecule has 0 aliphatic carbocycles. The quantitative estimate of drug-likeness (QED) is 0.916. The highest BCUT2D eigenvalue weighted by molar-refractivity contribution is 5.95.